The number of thioether (sulfide) groups is 2. The van der Waals surface area contributed by atoms with Crippen molar-refractivity contribution in [3.05, 3.63) is 35.4 Å². The van der Waals surface area contributed by atoms with Gasteiger partial charge in [0.2, 0.25) is 0 Å². The van der Waals surface area contributed by atoms with Crippen molar-refractivity contribution in [1.29, 1.82) is 0 Å². The van der Waals surface area contributed by atoms with Crippen LogP contribution in [0.3, 0.4) is 0 Å². The second-order valence-corrected chi connectivity index (χ2v) is 7.47. The van der Waals surface area contributed by atoms with Crippen molar-refractivity contribution in [2.75, 3.05) is 24.6 Å². The minimum atomic E-state index is -0.0152. The van der Waals surface area contributed by atoms with Gasteiger partial charge in [-0.3, -0.25) is 4.79 Å². The molecule has 0 saturated carbocycles. The monoisotopic (exact) mass is 296 g/mol. The first-order valence-electron chi connectivity index (χ1n) is 6.52. The Labute approximate surface area is 123 Å². The Balaban J connectivity index is 1.92. The van der Waals surface area contributed by atoms with Crippen LogP contribution >= 0.6 is 23.5 Å². The summed E-state index contributed by atoms with van der Waals surface area (Å²) in [4.78, 5) is 11.9. The van der Waals surface area contributed by atoms with E-state index in [9.17, 15) is 4.79 Å². The van der Waals surface area contributed by atoms with E-state index >= 15 is 0 Å². The molecular formula is C14H20N2OS2. The highest BCUT2D eigenvalue weighted by atomic mass is 32.2. The van der Waals surface area contributed by atoms with E-state index in [4.69, 9.17) is 5.73 Å². The number of hydrogen-bond acceptors (Lipinski definition) is 4. The molecule has 1 atom stereocenters. The van der Waals surface area contributed by atoms with Crippen LogP contribution < -0.4 is 11.1 Å². The Morgan fingerprint density at radius 3 is 2.58 bits per heavy atom. The van der Waals surface area contributed by atoms with E-state index in [-0.39, 0.29) is 5.91 Å². The number of benzene rings is 1. The molecule has 1 fully saturated rings. The van der Waals surface area contributed by atoms with Crippen LogP contribution in [0.15, 0.2) is 24.3 Å². The van der Waals surface area contributed by atoms with Crippen molar-refractivity contribution in [2.24, 2.45) is 11.7 Å². The quantitative estimate of drug-likeness (QED) is 0.876. The molecule has 0 bridgehead atoms. The molecule has 19 heavy (non-hydrogen) atoms. The van der Waals surface area contributed by atoms with Crippen LogP contribution in [0.25, 0.3) is 0 Å². The zero-order valence-electron chi connectivity index (χ0n) is 11.1. The maximum Gasteiger partial charge on any atom is 0.251 e. The molecule has 1 aliphatic rings. The van der Waals surface area contributed by atoms with Crippen LogP contribution in [0.1, 0.15) is 27.4 Å². The van der Waals surface area contributed by atoms with Crippen molar-refractivity contribution >= 4 is 29.4 Å². The van der Waals surface area contributed by atoms with E-state index in [1.165, 1.54) is 17.1 Å². The molecule has 5 heteroatoms. The molecule has 0 aromatic heterocycles. The number of carbonyl (C=O) groups excluding carboxylic acids is 1. The summed E-state index contributed by atoms with van der Waals surface area (Å²) >= 11 is 3.95. The smallest absolute Gasteiger partial charge is 0.251 e. The van der Waals surface area contributed by atoms with Gasteiger partial charge in [-0.1, -0.05) is 19.1 Å². The molecule has 1 unspecified atom stereocenters. The van der Waals surface area contributed by atoms with E-state index in [2.05, 4.69) is 17.4 Å². The number of rotatable bonds is 5. The first-order chi connectivity index (χ1) is 9.20. The molecular weight excluding hydrogens is 276 g/mol. The van der Waals surface area contributed by atoms with Gasteiger partial charge < -0.3 is 11.1 Å². The number of carbonyl (C=O) groups is 1. The SMILES string of the molecule is CC(CN)CNC(=O)c1ccc(C2SCCS2)cc1. The molecule has 1 aromatic rings. The Morgan fingerprint density at radius 2 is 2.00 bits per heavy atom. The minimum Gasteiger partial charge on any atom is -0.352 e. The Morgan fingerprint density at radius 1 is 1.37 bits per heavy atom. The average Bonchev–Trinajstić information content (AvgIpc) is 2.98. The molecule has 1 saturated heterocycles. The van der Waals surface area contributed by atoms with Gasteiger partial charge in [-0.15, -0.1) is 23.5 Å². The van der Waals surface area contributed by atoms with Crippen LogP contribution in [0, 0.1) is 5.92 Å². The number of hydrogen-bond donors (Lipinski definition) is 2. The Hall–Kier alpha value is -0.650. The zero-order valence-corrected chi connectivity index (χ0v) is 12.7. The predicted octanol–water partition coefficient (Wildman–Crippen LogP) is 2.49. The summed E-state index contributed by atoms with van der Waals surface area (Å²) in [7, 11) is 0. The highest BCUT2D eigenvalue weighted by Crippen LogP contribution is 2.45. The molecule has 1 amide bonds. The normalized spacial score (nSPS) is 17.4. The predicted molar refractivity (Wildman–Crippen MR) is 84.7 cm³/mol. The second kappa shape index (κ2) is 7.22. The van der Waals surface area contributed by atoms with Crippen molar-refractivity contribution in [1.82, 2.24) is 5.32 Å². The van der Waals surface area contributed by atoms with Gasteiger partial charge in [0.15, 0.2) is 0 Å². The lowest BCUT2D eigenvalue weighted by molar-refractivity contribution is 0.0948. The first-order valence-corrected chi connectivity index (χ1v) is 8.62. The van der Waals surface area contributed by atoms with E-state index in [0.29, 0.717) is 23.6 Å². The van der Waals surface area contributed by atoms with Crippen LogP contribution in [-0.4, -0.2) is 30.5 Å². The Kier molecular flexibility index (Phi) is 5.60. The summed E-state index contributed by atoms with van der Waals surface area (Å²) < 4.78 is 0.536. The van der Waals surface area contributed by atoms with Crippen molar-refractivity contribution in [2.45, 2.75) is 11.5 Å². The third kappa shape index (κ3) is 4.16. The van der Waals surface area contributed by atoms with Crippen molar-refractivity contribution in [3.63, 3.8) is 0 Å². The lowest BCUT2D eigenvalue weighted by Gasteiger charge is -2.11. The van der Waals surface area contributed by atoms with Crippen LogP contribution in [-0.2, 0) is 0 Å². The number of amides is 1. The molecule has 0 spiro atoms. The topological polar surface area (TPSA) is 55.1 Å². The van der Waals surface area contributed by atoms with Crippen LogP contribution in [0.5, 0.6) is 0 Å². The van der Waals surface area contributed by atoms with Crippen molar-refractivity contribution < 1.29 is 4.79 Å². The van der Waals surface area contributed by atoms with Gasteiger partial charge in [-0.25, -0.2) is 0 Å². The molecule has 1 aromatic carbocycles. The third-order valence-corrected chi connectivity index (χ3v) is 6.18. The summed E-state index contributed by atoms with van der Waals surface area (Å²) in [6, 6.07) is 7.96. The Bertz CT molecular complexity index is 416. The fourth-order valence-electron chi connectivity index (χ4n) is 1.79. The van der Waals surface area contributed by atoms with E-state index in [0.717, 1.165) is 5.56 Å². The number of nitrogens with one attached hydrogen (secondary N) is 1. The fourth-order valence-corrected chi connectivity index (χ4v) is 4.65. The van der Waals surface area contributed by atoms with Gasteiger partial charge in [0.25, 0.3) is 5.91 Å². The number of nitrogens with two attached hydrogens (primary N) is 1. The lowest BCUT2D eigenvalue weighted by Crippen LogP contribution is -2.31. The van der Waals surface area contributed by atoms with E-state index in [1.54, 1.807) is 0 Å². The molecule has 104 valence electrons. The van der Waals surface area contributed by atoms with Gasteiger partial charge in [0.1, 0.15) is 0 Å². The zero-order chi connectivity index (χ0) is 13.7. The molecule has 0 aliphatic carbocycles. The summed E-state index contributed by atoms with van der Waals surface area (Å²) in [6.45, 7) is 3.25. The first kappa shape index (κ1) is 14.8. The van der Waals surface area contributed by atoms with Gasteiger partial charge in [0.05, 0.1) is 4.58 Å². The highest BCUT2D eigenvalue weighted by molar-refractivity contribution is 8.19. The fraction of sp³-hybridized carbons (Fsp3) is 0.500. The lowest BCUT2D eigenvalue weighted by atomic mass is 10.1. The van der Waals surface area contributed by atoms with Gasteiger partial charge in [-0.2, -0.15) is 0 Å². The van der Waals surface area contributed by atoms with Crippen LogP contribution in [0.4, 0.5) is 0 Å². The third-order valence-electron chi connectivity index (χ3n) is 3.08. The molecule has 3 nitrogen and oxygen atoms in total. The molecule has 1 heterocycles. The maximum atomic E-state index is 11.9. The van der Waals surface area contributed by atoms with Gasteiger partial charge >= 0.3 is 0 Å². The summed E-state index contributed by atoms with van der Waals surface area (Å²) in [5, 5.41) is 2.91. The molecule has 3 N–H and O–H groups in total. The van der Waals surface area contributed by atoms with Crippen LogP contribution in [0.2, 0.25) is 0 Å². The maximum absolute atomic E-state index is 11.9. The second-order valence-electron chi connectivity index (χ2n) is 4.75. The summed E-state index contributed by atoms with van der Waals surface area (Å²) in [5.74, 6) is 2.73. The van der Waals surface area contributed by atoms with Gasteiger partial charge in [-0.05, 0) is 30.2 Å². The molecule has 0 radical (unpaired) electrons. The van der Waals surface area contributed by atoms with E-state index in [1.807, 2.05) is 42.6 Å². The van der Waals surface area contributed by atoms with Gasteiger partial charge in [0, 0.05) is 23.6 Å². The summed E-state index contributed by atoms with van der Waals surface area (Å²) in [6.07, 6.45) is 0. The largest absolute Gasteiger partial charge is 0.352 e. The average molecular weight is 296 g/mol. The highest BCUT2D eigenvalue weighted by Gasteiger charge is 2.18. The summed E-state index contributed by atoms with van der Waals surface area (Å²) in [5.41, 5.74) is 7.56. The van der Waals surface area contributed by atoms with Crippen molar-refractivity contribution in [3.8, 4) is 0 Å². The molecule has 1 aliphatic heterocycles. The van der Waals surface area contributed by atoms with E-state index < -0.39 is 0 Å². The minimum absolute atomic E-state index is 0.0152. The molecule has 2 rings (SSSR count). The standard InChI is InChI=1S/C14H20N2OS2/c1-10(8-15)9-16-13(17)11-2-4-12(5-3-11)14-18-6-7-19-14/h2-5,10,14H,6-9,15H2,1H3,(H,16,17).